The molecule has 2 aromatic heterocycles. The number of aliphatic hydroxyl groups is 1. The Morgan fingerprint density at radius 1 is 1.52 bits per heavy atom. The number of rotatable bonds is 5. The van der Waals surface area contributed by atoms with Crippen LogP contribution in [0.3, 0.4) is 0 Å². The van der Waals surface area contributed by atoms with E-state index in [1.807, 2.05) is 0 Å². The van der Waals surface area contributed by atoms with Gasteiger partial charge in [0, 0.05) is 32.3 Å². The van der Waals surface area contributed by atoms with Gasteiger partial charge in [0.2, 0.25) is 5.91 Å². The lowest BCUT2D eigenvalue weighted by molar-refractivity contribution is -0.124. The molecule has 0 aliphatic heterocycles. The number of aliphatic hydroxyl groups excluding tert-OH is 1. The Labute approximate surface area is 121 Å². The number of nitrogens with zero attached hydrogens (tertiary/aromatic N) is 5. The average molecular weight is 290 g/mol. The minimum atomic E-state index is -0.463. The van der Waals surface area contributed by atoms with E-state index in [0.717, 1.165) is 5.69 Å². The van der Waals surface area contributed by atoms with E-state index in [2.05, 4.69) is 20.6 Å². The summed E-state index contributed by atoms with van der Waals surface area (Å²) >= 11 is 0. The number of hydrogen-bond donors (Lipinski definition) is 2. The number of aromatic nitrogens is 5. The van der Waals surface area contributed by atoms with Gasteiger partial charge in [-0.25, -0.2) is 0 Å². The van der Waals surface area contributed by atoms with Gasteiger partial charge in [-0.1, -0.05) is 0 Å². The third kappa shape index (κ3) is 2.94. The quantitative estimate of drug-likeness (QED) is 0.769. The van der Waals surface area contributed by atoms with Crippen LogP contribution in [0.4, 0.5) is 0 Å². The van der Waals surface area contributed by atoms with E-state index < -0.39 is 6.10 Å². The van der Waals surface area contributed by atoms with Crippen molar-refractivity contribution in [1.29, 1.82) is 0 Å². The van der Waals surface area contributed by atoms with Gasteiger partial charge < -0.3 is 10.4 Å². The zero-order valence-electron chi connectivity index (χ0n) is 11.8. The van der Waals surface area contributed by atoms with Gasteiger partial charge in [0.05, 0.1) is 30.1 Å². The molecule has 3 atom stereocenters. The number of carbonyl (C=O) groups is 1. The lowest BCUT2D eigenvalue weighted by Crippen LogP contribution is -2.56. The highest BCUT2D eigenvalue weighted by Gasteiger charge is 2.42. The molecular formula is C13H18N6O2. The first-order valence-electron chi connectivity index (χ1n) is 6.95. The van der Waals surface area contributed by atoms with E-state index in [1.165, 1.54) is 4.80 Å². The first-order valence-corrected chi connectivity index (χ1v) is 6.95. The summed E-state index contributed by atoms with van der Waals surface area (Å²) in [4.78, 5) is 13.4. The summed E-state index contributed by atoms with van der Waals surface area (Å²) in [6.45, 7) is 0. The van der Waals surface area contributed by atoms with Crippen molar-refractivity contribution in [3.8, 4) is 0 Å². The standard InChI is InChI=1S/C13H18N6O2/c1-18-15-8-9(17-18)3-4-12(21)16-10-7-11(20)13(10)19-6-2-5-14-19/h2,5-6,8,10-11,13,20H,3-4,7H2,1H3,(H,16,21)/t10-,11+,13+/m0/s1. The van der Waals surface area contributed by atoms with Gasteiger partial charge in [-0.05, 0) is 12.5 Å². The summed E-state index contributed by atoms with van der Waals surface area (Å²) in [7, 11) is 1.74. The summed E-state index contributed by atoms with van der Waals surface area (Å²) in [6.07, 6.45) is 6.13. The van der Waals surface area contributed by atoms with Crippen molar-refractivity contribution in [2.75, 3.05) is 0 Å². The van der Waals surface area contributed by atoms with Crippen molar-refractivity contribution in [3.63, 3.8) is 0 Å². The fourth-order valence-corrected chi connectivity index (χ4v) is 2.60. The molecule has 0 spiro atoms. The van der Waals surface area contributed by atoms with Crippen LogP contribution in [0, 0.1) is 0 Å². The van der Waals surface area contributed by atoms with E-state index in [4.69, 9.17) is 0 Å². The summed E-state index contributed by atoms with van der Waals surface area (Å²) < 4.78 is 1.70. The zero-order chi connectivity index (χ0) is 14.8. The van der Waals surface area contributed by atoms with Crippen LogP contribution in [0.5, 0.6) is 0 Å². The molecular weight excluding hydrogens is 272 g/mol. The molecule has 0 saturated heterocycles. The van der Waals surface area contributed by atoms with Gasteiger partial charge in [0.15, 0.2) is 0 Å². The Kier molecular flexibility index (Phi) is 3.70. The predicted molar refractivity (Wildman–Crippen MR) is 73.1 cm³/mol. The van der Waals surface area contributed by atoms with Crippen LogP contribution >= 0.6 is 0 Å². The van der Waals surface area contributed by atoms with Crippen molar-refractivity contribution in [3.05, 3.63) is 30.4 Å². The molecule has 3 rings (SSSR count). The van der Waals surface area contributed by atoms with Crippen molar-refractivity contribution >= 4 is 5.91 Å². The van der Waals surface area contributed by atoms with E-state index >= 15 is 0 Å². The van der Waals surface area contributed by atoms with Crippen LogP contribution in [0.25, 0.3) is 0 Å². The second-order valence-corrected chi connectivity index (χ2v) is 5.28. The van der Waals surface area contributed by atoms with Crippen LogP contribution < -0.4 is 5.32 Å². The molecule has 1 saturated carbocycles. The highest BCUT2D eigenvalue weighted by molar-refractivity contribution is 5.76. The number of carbonyl (C=O) groups excluding carboxylic acids is 1. The van der Waals surface area contributed by atoms with Gasteiger partial charge in [0.25, 0.3) is 0 Å². The molecule has 0 bridgehead atoms. The highest BCUT2D eigenvalue weighted by atomic mass is 16.3. The second kappa shape index (κ2) is 5.65. The molecule has 1 amide bonds. The Morgan fingerprint density at radius 2 is 2.38 bits per heavy atom. The van der Waals surface area contributed by atoms with Gasteiger partial charge in [-0.15, -0.1) is 0 Å². The molecule has 1 aliphatic rings. The molecule has 0 radical (unpaired) electrons. The van der Waals surface area contributed by atoms with Crippen LogP contribution in [0.15, 0.2) is 24.7 Å². The Hall–Kier alpha value is -2.22. The molecule has 8 nitrogen and oxygen atoms in total. The van der Waals surface area contributed by atoms with Crippen LogP contribution in [-0.2, 0) is 18.3 Å². The Balaban J connectivity index is 1.51. The molecule has 21 heavy (non-hydrogen) atoms. The third-order valence-corrected chi connectivity index (χ3v) is 3.73. The van der Waals surface area contributed by atoms with Crippen molar-refractivity contribution in [2.45, 2.75) is 37.5 Å². The average Bonchev–Trinajstić information content (AvgIpc) is 3.07. The van der Waals surface area contributed by atoms with Crippen LogP contribution in [0.2, 0.25) is 0 Å². The molecule has 1 fully saturated rings. The minimum absolute atomic E-state index is 0.0466. The van der Waals surface area contributed by atoms with E-state index in [0.29, 0.717) is 19.3 Å². The lowest BCUT2D eigenvalue weighted by atomic mass is 9.83. The number of nitrogens with one attached hydrogen (secondary N) is 1. The first-order chi connectivity index (χ1) is 10.1. The van der Waals surface area contributed by atoms with Crippen LogP contribution in [-0.4, -0.2) is 47.9 Å². The van der Waals surface area contributed by atoms with Gasteiger partial charge >= 0.3 is 0 Å². The normalized spacial score (nSPS) is 24.6. The number of hydrogen-bond acceptors (Lipinski definition) is 5. The van der Waals surface area contributed by atoms with Crippen molar-refractivity contribution in [1.82, 2.24) is 30.1 Å². The van der Waals surface area contributed by atoms with Gasteiger partial charge in [-0.2, -0.15) is 20.1 Å². The minimum Gasteiger partial charge on any atom is -0.391 e. The maximum Gasteiger partial charge on any atom is 0.220 e. The maximum absolute atomic E-state index is 12.0. The summed E-state index contributed by atoms with van der Waals surface area (Å²) in [5.41, 5.74) is 0.796. The van der Waals surface area contributed by atoms with Gasteiger partial charge in [-0.3, -0.25) is 9.48 Å². The molecule has 8 heteroatoms. The lowest BCUT2D eigenvalue weighted by Gasteiger charge is -2.41. The van der Waals surface area contributed by atoms with Crippen LogP contribution in [0.1, 0.15) is 24.6 Å². The SMILES string of the molecule is Cn1ncc(CCC(=O)N[C@H]2C[C@@H](O)[C@@H]2n2cccn2)n1. The van der Waals surface area contributed by atoms with E-state index in [9.17, 15) is 9.90 Å². The topological polar surface area (TPSA) is 97.9 Å². The van der Waals surface area contributed by atoms with Crippen molar-refractivity contribution in [2.24, 2.45) is 7.05 Å². The Morgan fingerprint density at radius 3 is 3.00 bits per heavy atom. The molecule has 2 aromatic rings. The fraction of sp³-hybridized carbons (Fsp3) is 0.538. The predicted octanol–water partition coefficient (Wildman–Crippen LogP) is -0.565. The maximum atomic E-state index is 12.0. The highest BCUT2D eigenvalue weighted by Crippen LogP contribution is 2.32. The molecule has 2 N–H and O–H groups in total. The molecule has 0 aromatic carbocycles. The van der Waals surface area contributed by atoms with Crippen molar-refractivity contribution < 1.29 is 9.90 Å². The van der Waals surface area contributed by atoms with E-state index in [-0.39, 0.29) is 18.0 Å². The van der Waals surface area contributed by atoms with Gasteiger partial charge in [0.1, 0.15) is 0 Å². The molecule has 112 valence electrons. The summed E-state index contributed by atoms with van der Waals surface area (Å²) in [5.74, 6) is -0.0466. The number of amides is 1. The molecule has 1 aliphatic carbocycles. The summed E-state index contributed by atoms with van der Waals surface area (Å²) in [6, 6.07) is 1.55. The largest absolute Gasteiger partial charge is 0.391 e. The number of aryl methyl sites for hydroxylation is 2. The zero-order valence-corrected chi connectivity index (χ0v) is 11.8. The molecule has 0 unspecified atom stereocenters. The monoisotopic (exact) mass is 290 g/mol. The fourth-order valence-electron chi connectivity index (χ4n) is 2.60. The second-order valence-electron chi connectivity index (χ2n) is 5.28. The smallest absolute Gasteiger partial charge is 0.220 e. The Bertz CT molecular complexity index is 608. The third-order valence-electron chi connectivity index (χ3n) is 3.73. The summed E-state index contributed by atoms with van der Waals surface area (Å²) in [5, 5.41) is 25.0. The first kappa shape index (κ1) is 13.7. The molecule has 2 heterocycles. The van der Waals surface area contributed by atoms with E-state index in [1.54, 1.807) is 36.4 Å².